The molecule has 0 saturated heterocycles. The topological polar surface area (TPSA) is 46.5 Å². The number of hydrogen-bond donors (Lipinski definition) is 1. The molecule has 3 nitrogen and oxygen atoms in total. The summed E-state index contributed by atoms with van der Waals surface area (Å²) in [6.45, 7) is 4.01. The summed E-state index contributed by atoms with van der Waals surface area (Å²) >= 11 is 0. The van der Waals surface area contributed by atoms with Crippen molar-refractivity contribution in [2.45, 2.75) is 20.3 Å². The number of aryl methyl sites for hydroxylation is 1. The van der Waals surface area contributed by atoms with Gasteiger partial charge in [0.25, 0.3) is 0 Å². The molecule has 0 radical (unpaired) electrons. The van der Waals surface area contributed by atoms with Gasteiger partial charge in [0, 0.05) is 0 Å². The van der Waals surface area contributed by atoms with Crippen LogP contribution in [0.15, 0.2) is 24.3 Å². The van der Waals surface area contributed by atoms with Gasteiger partial charge in [-0.3, -0.25) is 4.57 Å². The van der Waals surface area contributed by atoms with Gasteiger partial charge < -0.3 is 9.42 Å². The van der Waals surface area contributed by atoms with E-state index in [1.54, 1.807) is 25.1 Å². The summed E-state index contributed by atoms with van der Waals surface area (Å²) in [6.07, 6.45) is 0.733. The Morgan fingerprint density at radius 1 is 1.43 bits per heavy atom. The third-order valence-corrected chi connectivity index (χ3v) is 3.53. The normalized spacial score (nSPS) is 15.1. The van der Waals surface area contributed by atoms with Crippen molar-refractivity contribution in [3.8, 4) is 0 Å². The van der Waals surface area contributed by atoms with Crippen LogP contribution in [0.5, 0.6) is 0 Å². The second kappa shape index (κ2) is 4.74. The van der Waals surface area contributed by atoms with Crippen LogP contribution in [-0.4, -0.2) is 11.5 Å². The third-order valence-electron chi connectivity index (χ3n) is 1.89. The number of benzene rings is 1. The first kappa shape index (κ1) is 11.4. The van der Waals surface area contributed by atoms with Gasteiger partial charge >= 0.3 is 7.60 Å². The highest BCUT2D eigenvalue weighted by atomic mass is 31.2. The first-order chi connectivity index (χ1) is 6.58. The predicted molar refractivity (Wildman–Crippen MR) is 56.9 cm³/mol. The summed E-state index contributed by atoms with van der Waals surface area (Å²) in [5, 5.41) is 0.397. The molecule has 78 valence electrons. The van der Waals surface area contributed by atoms with Crippen LogP contribution in [0.4, 0.5) is 0 Å². The molecule has 1 unspecified atom stereocenters. The average Bonchev–Trinajstić information content (AvgIpc) is 2.15. The van der Waals surface area contributed by atoms with E-state index in [1.165, 1.54) is 0 Å². The molecule has 1 aromatic rings. The summed E-state index contributed by atoms with van der Waals surface area (Å²) in [4.78, 5) is 9.63. The Balaban J connectivity index is 2.92. The van der Waals surface area contributed by atoms with Crippen molar-refractivity contribution < 1.29 is 14.0 Å². The number of hydrogen-bond acceptors (Lipinski definition) is 2. The van der Waals surface area contributed by atoms with E-state index >= 15 is 0 Å². The van der Waals surface area contributed by atoms with Gasteiger partial charge in [0.15, 0.2) is 0 Å². The van der Waals surface area contributed by atoms with Gasteiger partial charge in [-0.2, -0.15) is 0 Å². The van der Waals surface area contributed by atoms with Gasteiger partial charge in [0.1, 0.15) is 0 Å². The van der Waals surface area contributed by atoms with Crippen LogP contribution in [0, 0.1) is 6.92 Å². The molecule has 1 aromatic carbocycles. The van der Waals surface area contributed by atoms with Crippen LogP contribution in [0.1, 0.15) is 18.9 Å². The molecule has 0 aromatic heterocycles. The highest BCUT2D eigenvalue weighted by Gasteiger charge is 2.23. The van der Waals surface area contributed by atoms with Crippen LogP contribution in [0.2, 0.25) is 0 Å². The summed E-state index contributed by atoms with van der Waals surface area (Å²) < 4.78 is 16.7. The van der Waals surface area contributed by atoms with Crippen molar-refractivity contribution in [3.05, 3.63) is 29.8 Å². The smallest absolute Gasteiger partial charge is 0.321 e. The van der Waals surface area contributed by atoms with E-state index in [9.17, 15) is 9.46 Å². The lowest BCUT2D eigenvalue weighted by Crippen LogP contribution is -2.10. The fraction of sp³-hybridized carbons (Fsp3) is 0.400. The van der Waals surface area contributed by atoms with Crippen LogP contribution in [0.25, 0.3) is 0 Å². The van der Waals surface area contributed by atoms with Gasteiger partial charge in [-0.1, -0.05) is 25.1 Å². The SMILES string of the molecule is CCCOP(=O)(O)c1ccccc1C. The van der Waals surface area contributed by atoms with E-state index in [2.05, 4.69) is 0 Å². The zero-order valence-corrected chi connectivity index (χ0v) is 9.33. The van der Waals surface area contributed by atoms with E-state index in [-0.39, 0.29) is 0 Å². The van der Waals surface area contributed by atoms with Crippen LogP contribution >= 0.6 is 7.60 Å². The highest BCUT2D eigenvalue weighted by Crippen LogP contribution is 2.41. The molecule has 0 fully saturated rings. The molecule has 0 amide bonds. The molecule has 1 N–H and O–H groups in total. The van der Waals surface area contributed by atoms with Gasteiger partial charge in [-0.05, 0) is 25.0 Å². The zero-order valence-electron chi connectivity index (χ0n) is 8.43. The van der Waals surface area contributed by atoms with Crippen molar-refractivity contribution in [1.29, 1.82) is 0 Å². The second-order valence-corrected chi connectivity index (χ2v) is 4.92. The van der Waals surface area contributed by atoms with Crippen molar-refractivity contribution in [1.82, 2.24) is 0 Å². The third kappa shape index (κ3) is 2.68. The molecular weight excluding hydrogens is 199 g/mol. The zero-order chi connectivity index (χ0) is 10.6. The van der Waals surface area contributed by atoms with Crippen LogP contribution < -0.4 is 5.30 Å². The second-order valence-electron chi connectivity index (χ2n) is 3.14. The van der Waals surface area contributed by atoms with E-state index < -0.39 is 7.60 Å². The van der Waals surface area contributed by atoms with Crippen molar-refractivity contribution in [2.24, 2.45) is 0 Å². The summed E-state index contributed by atoms with van der Waals surface area (Å²) in [7, 11) is -3.60. The Hall–Kier alpha value is -0.630. The molecule has 0 aliphatic heterocycles. The molecule has 0 aliphatic carbocycles. The van der Waals surface area contributed by atoms with Crippen LogP contribution in [-0.2, 0) is 9.09 Å². The van der Waals surface area contributed by atoms with Crippen molar-refractivity contribution in [3.63, 3.8) is 0 Å². The first-order valence-corrected chi connectivity index (χ1v) is 6.19. The largest absolute Gasteiger partial charge is 0.359 e. The van der Waals surface area contributed by atoms with Gasteiger partial charge in [0.2, 0.25) is 0 Å². The molecule has 1 atom stereocenters. The molecule has 1 rings (SSSR count). The Labute approximate surface area is 84.3 Å². The number of rotatable bonds is 4. The maximum atomic E-state index is 11.7. The minimum atomic E-state index is -3.60. The molecule has 0 spiro atoms. The minimum absolute atomic E-state index is 0.308. The summed E-state index contributed by atoms with van der Waals surface area (Å²) in [5.74, 6) is 0. The quantitative estimate of drug-likeness (QED) is 0.782. The Morgan fingerprint density at radius 3 is 2.64 bits per heavy atom. The minimum Gasteiger partial charge on any atom is -0.321 e. The molecule has 0 heterocycles. The van der Waals surface area contributed by atoms with E-state index in [4.69, 9.17) is 4.52 Å². The molecular formula is C10H15O3P. The summed E-state index contributed by atoms with van der Waals surface area (Å²) in [5.41, 5.74) is 0.787. The van der Waals surface area contributed by atoms with Crippen molar-refractivity contribution in [2.75, 3.05) is 6.61 Å². The molecule has 14 heavy (non-hydrogen) atoms. The summed E-state index contributed by atoms with van der Waals surface area (Å²) in [6, 6.07) is 7.00. The fourth-order valence-electron chi connectivity index (χ4n) is 1.17. The predicted octanol–water partition coefficient (Wildman–Crippen LogP) is 2.23. The molecule has 0 bridgehead atoms. The van der Waals surface area contributed by atoms with E-state index in [0.717, 1.165) is 12.0 Å². The average molecular weight is 214 g/mol. The Morgan fingerprint density at radius 2 is 2.07 bits per heavy atom. The Kier molecular flexibility index (Phi) is 3.87. The lowest BCUT2D eigenvalue weighted by Gasteiger charge is -2.13. The van der Waals surface area contributed by atoms with Crippen molar-refractivity contribution >= 4 is 12.9 Å². The van der Waals surface area contributed by atoms with Gasteiger partial charge in [0.05, 0.1) is 11.9 Å². The lowest BCUT2D eigenvalue weighted by molar-refractivity contribution is 0.269. The Bertz CT molecular complexity index is 349. The fourth-order valence-corrected chi connectivity index (χ4v) is 2.53. The van der Waals surface area contributed by atoms with Gasteiger partial charge in [-0.15, -0.1) is 0 Å². The van der Waals surface area contributed by atoms with Gasteiger partial charge in [-0.25, -0.2) is 0 Å². The first-order valence-electron chi connectivity index (χ1n) is 4.61. The maximum Gasteiger partial charge on any atom is 0.359 e. The molecule has 4 heteroatoms. The molecule has 0 saturated carbocycles. The van der Waals surface area contributed by atoms with E-state index in [1.807, 2.05) is 13.0 Å². The monoisotopic (exact) mass is 214 g/mol. The van der Waals surface area contributed by atoms with Crippen LogP contribution in [0.3, 0.4) is 0 Å². The maximum absolute atomic E-state index is 11.7. The lowest BCUT2D eigenvalue weighted by atomic mass is 10.2. The standard InChI is InChI=1S/C10H15O3P/c1-3-8-13-14(11,12)10-7-5-4-6-9(10)2/h4-7H,3,8H2,1-2H3,(H,11,12). The molecule has 0 aliphatic rings. The van der Waals surface area contributed by atoms with E-state index in [0.29, 0.717) is 11.9 Å². The highest BCUT2D eigenvalue weighted by molar-refractivity contribution is 7.61.